The third-order valence-electron chi connectivity index (χ3n) is 3.88. The van der Waals surface area contributed by atoms with Gasteiger partial charge in [-0.05, 0) is 47.6 Å². The van der Waals surface area contributed by atoms with Crippen LogP contribution in [0.5, 0.6) is 0 Å². The molecule has 0 atom stereocenters. The maximum atomic E-state index is 12.2. The summed E-state index contributed by atoms with van der Waals surface area (Å²) in [7, 11) is 0. The van der Waals surface area contributed by atoms with Crippen LogP contribution in [-0.4, -0.2) is 15.9 Å². The van der Waals surface area contributed by atoms with Crippen molar-refractivity contribution < 1.29 is 9.72 Å². The fraction of sp³-hybridized carbons (Fsp3) is 0. The Labute approximate surface area is 166 Å². The average molecular weight is 392 g/mol. The Bertz CT molecular complexity index is 990. The Morgan fingerprint density at radius 3 is 2.04 bits per heavy atom. The number of nitro groups is 1. The van der Waals surface area contributed by atoms with Crippen molar-refractivity contribution in [3.63, 3.8) is 0 Å². The van der Waals surface area contributed by atoms with Crippen molar-refractivity contribution in [1.82, 2.24) is 10.9 Å². The van der Waals surface area contributed by atoms with Crippen LogP contribution >= 0.6 is 12.2 Å². The van der Waals surface area contributed by atoms with Crippen LogP contribution in [0.1, 0.15) is 10.4 Å². The first-order chi connectivity index (χ1) is 13.5. The molecule has 1 amide bonds. The number of thiocarbonyl (C=S) groups is 1. The van der Waals surface area contributed by atoms with E-state index in [-0.39, 0.29) is 16.7 Å². The van der Waals surface area contributed by atoms with E-state index in [1.165, 1.54) is 24.3 Å². The number of non-ortho nitro benzene ring substituents is 1. The zero-order valence-electron chi connectivity index (χ0n) is 14.6. The lowest BCUT2D eigenvalue weighted by molar-refractivity contribution is -0.384. The summed E-state index contributed by atoms with van der Waals surface area (Å²) in [6.45, 7) is 0. The molecule has 8 heteroatoms. The fourth-order valence-corrected chi connectivity index (χ4v) is 2.63. The van der Waals surface area contributed by atoms with Gasteiger partial charge in [-0.25, -0.2) is 0 Å². The maximum Gasteiger partial charge on any atom is 0.269 e. The molecule has 0 saturated heterocycles. The van der Waals surface area contributed by atoms with E-state index in [1.54, 1.807) is 12.1 Å². The Balaban J connectivity index is 1.53. The molecule has 0 bridgehead atoms. The van der Waals surface area contributed by atoms with Crippen molar-refractivity contribution in [1.29, 1.82) is 0 Å². The largest absolute Gasteiger partial charge is 0.331 e. The highest BCUT2D eigenvalue weighted by atomic mass is 32.1. The van der Waals surface area contributed by atoms with Crippen molar-refractivity contribution in [3.8, 4) is 11.1 Å². The quantitative estimate of drug-likeness (QED) is 0.354. The molecular weight excluding hydrogens is 376 g/mol. The lowest BCUT2D eigenvalue weighted by Gasteiger charge is -2.12. The highest BCUT2D eigenvalue weighted by molar-refractivity contribution is 7.80. The van der Waals surface area contributed by atoms with E-state index in [1.807, 2.05) is 42.5 Å². The van der Waals surface area contributed by atoms with Gasteiger partial charge in [-0.1, -0.05) is 42.5 Å². The van der Waals surface area contributed by atoms with E-state index in [9.17, 15) is 14.9 Å². The SMILES string of the molecule is O=C(NNC(=S)Nc1ccc([N+](=O)[O-])cc1)c1ccc(-c2ccccc2)cc1. The second-order valence-electron chi connectivity index (χ2n) is 5.78. The van der Waals surface area contributed by atoms with Gasteiger partial charge in [0.1, 0.15) is 0 Å². The molecule has 0 fully saturated rings. The average Bonchev–Trinajstić information content (AvgIpc) is 2.73. The number of nitrogens with one attached hydrogen (secondary N) is 3. The minimum absolute atomic E-state index is 0.0170. The second-order valence-corrected chi connectivity index (χ2v) is 6.19. The van der Waals surface area contributed by atoms with Crippen molar-refractivity contribution in [3.05, 3.63) is 94.5 Å². The zero-order valence-corrected chi connectivity index (χ0v) is 15.4. The number of hydrogen-bond acceptors (Lipinski definition) is 4. The van der Waals surface area contributed by atoms with Crippen molar-refractivity contribution in [2.45, 2.75) is 0 Å². The van der Waals surface area contributed by atoms with Crippen LogP contribution in [0.4, 0.5) is 11.4 Å². The van der Waals surface area contributed by atoms with Gasteiger partial charge in [0.05, 0.1) is 4.92 Å². The maximum absolute atomic E-state index is 12.2. The Morgan fingerprint density at radius 2 is 1.43 bits per heavy atom. The smallest absolute Gasteiger partial charge is 0.269 e. The van der Waals surface area contributed by atoms with Crippen LogP contribution in [0.3, 0.4) is 0 Å². The first-order valence-corrected chi connectivity index (χ1v) is 8.71. The second kappa shape index (κ2) is 8.74. The summed E-state index contributed by atoms with van der Waals surface area (Å²) in [6, 6.07) is 22.8. The fourth-order valence-electron chi connectivity index (χ4n) is 2.46. The number of rotatable bonds is 4. The molecule has 3 rings (SSSR count). The Morgan fingerprint density at radius 1 is 0.821 bits per heavy atom. The lowest BCUT2D eigenvalue weighted by Crippen LogP contribution is -2.43. The number of hydrogen-bond donors (Lipinski definition) is 3. The molecule has 3 aromatic carbocycles. The van der Waals surface area contributed by atoms with Crippen molar-refractivity contribution in [2.75, 3.05) is 5.32 Å². The highest BCUT2D eigenvalue weighted by Gasteiger charge is 2.08. The van der Waals surface area contributed by atoms with Crippen LogP contribution in [0, 0.1) is 10.1 Å². The molecule has 0 unspecified atom stereocenters. The minimum Gasteiger partial charge on any atom is -0.331 e. The first-order valence-electron chi connectivity index (χ1n) is 8.30. The van der Waals surface area contributed by atoms with Gasteiger partial charge >= 0.3 is 0 Å². The van der Waals surface area contributed by atoms with E-state index < -0.39 is 4.92 Å². The van der Waals surface area contributed by atoms with Crippen LogP contribution < -0.4 is 16.2 Å². The molecule has 0 spiro atoms. The number of anilines is 1. The van der Waals surface area contributed by atoms with Crippen LogP contribution in [0.2, 0.25) is 0 Å². The molecule has 3 aromatic rings. The molecule has 28 heavy (non-hydrogen) atoms. The van der Waals surface area contributed by atoms with E-state index in [0.717, 1.165) is 11.1 Å². The van der Waals surface area contributed by atoms with E-state index >= 15 is 0 Å². The standard InChI is InChI=1S/C20H16N4O3S/c25-19(16-8-6-15(7-9-16)14-4-2-1-3-5-14)22-23-20(28)21-17-10-12-18(13-11-17)24(26)27/h1-13H,(H,22,25)(H2,21,23,28). The number of benzene rings is 3. The zero-order chi connectivity index (χ0) is 19.9. The summed E-state index contributed by atoms with van der Waals surface area (Å²) in [5, 5.41) is 13.6. The minimum atomic E-state index is -0.482. The van der Waals surface area contributed by atoms with Gasteiger partial charge in [0.15, 0.2) is 5.11 Å². The molecule has 0 aliphatic heterocycles. The topological polar surface area (TPSA) is 96.3 Å². The van der Waals surface area contributed by atoms with Gasteiger partial charge in [0.2, 0.25) is 0 Å². The third kappa shape index (κ3) is 4.89. The molecule has 0 aliphatic carbocycles. The van der Waals surface area contributed by atoms with E-state index in [0.29, 0.717) is 11.3 Å². The highest BCUT2D eigenvalue weighted by Crippen LogP contribution is 2.19. The predicted octanol–water partition coefficient (Wildman–Crippen LogP) is 3.89. The summed E-state index contributed by atoms with van der Waals surface area (Å²) in [6.07, 6.45) is 0. The molecule has 3 N–H and O–H groups in total. The van der Waals surface area contributed by atoms with Crippen molar-refractivity contribution >= 4 is 34.6 Å². The summed E-state index contributed by atoms with van der Waals surface area (Å²) in [5.74, 6) is -0.340. The number of nitrogens with zero attached hydrogens (tertiary/aromatic N) is 1. The molecule has 0 radical (unpaired) electrons. The monoisotopic (exact) mass is 392 g/mol. The van der Waals surface area contributed by atoms with Gasteiger partial charge in [-0.2, -0.15) is 0 Å². The molecule has 0 saturated carbocycles. The Kier molecular flexibility index (Phi) is 5.93. The number of amides is 1. The first kappa shape index (κ1) is 19.0. The third-order valence-corrected chi connectivity index (χ3v) is 4.08. The normalized spacial score (nSPS) is 10.0. The van der Waals surface area contributed by atoms with E-state index in [2.05, 4.69) is 16.2 Å². The molecule has 7 nitrogen and oxygen atoms in total. The van der Waals surface area contributed by atoms with Crippen LogP contribution in [-0.2, 0) is 0 Å². The Hall–Kier alpha value is -3.78. The molecule has 0 heterocycles. The van der Waals surface area contributed by atoms with Gasteiger partial charge in [-0.15, -0.1) is 0 Å². The van der Waals surface area contributed by atoms with Crippen molar-refractivity contribution in [2.24, 2.45) is 0 Å². The summed E-state index contributed by atoms with van der Waals surface area (Å²) in [5.41, 5.74) is 8.21. The number of nitro benzene ring substituents is 1. The number of carbonyl (C=O) groups excluding carboxylic acids is 1. The molecular formula is C20H16N4O3S. The number of hydrazine groups is 1. The van der Waals surface area contributed by atoms with Gasteiger partial charge in [-0.3, -0.25) is 25.8 Å². The molecule has 0 aromatic heterocycles. The summed E-state index contributed by atoms with van der Waals surface area (Å²) < 4.78 is 0. The van der Waals surface area contributed by atoms with Crippen LogP contribution in [0.15, 0.2) is 78.9 Å². The van der Waals surface area contributed by atoms with Crippen LogP contribution in [0.25, 0.3) is 11.1 Å². The summed E-state index contributed by atoms with van der Waals surface area (Å²) in [4.78, 5) is 22.4. The van der Waals surface area contributed by atoms with Gasteiger partial charge in [0, 0.05) is 23.4 Å². The predicted molar refractivity (Wildman–Crippen MR) is 112 cm³/mol. The number of carbonyl (C=O) groups is 1. The molecule has 140 valence electrons. The summed E-state index contributed by atoms with van der Waals surface area (Å²) >= 11 is 5.10. The van der Waals surface area contributed by atoms with Gasteiger partial charge in [0.25, 0.3) is 11.6 Å². The van der Waals surface area contributed by atoms with Gasteiger partial charge < -0.3 is 5.32 Å². The lowest BCUT2D eigenvalue weighted by atomic mass is 10.0. The van der Waals surface area contributed by atoms with E-state index in [4.69, 9.17) is 12.2 Å². The molecule has 0 aliphatic rings.